The first-order valence-corrected chi connectivity index (χ1v) is 25.4. The van der Waals surface area contributed by atoms with Crippen molar-refractivity contribution in [3.05, 3.63) is 155 Å². The van der Waals surface area contributed by atoms with Gasteiger partial charge >= 0.3 is 0 Å². The Morgan fingerprint density at radius 2 is 0.986 bits per heavy atom. The molecule has 0 aliphatic heterocycles. The van der Waals surface area contributed by atoms with Crippen molar-refractivity contribution in [1.29, 1.82) is 0 Å². The van der Waals surface area contributed by atoms with Gasteiger partial charge in [-0.15, -0.1) is 34.9 Å². The molecule has 0 radical (unpaired) electrons. The molecule has 4 nitrogen and oxygen atoms in total. The zero-order valence-corrected chi connectivity index (χ0v) is 48.4. The second-order valence-corrected chi connectivity index (χ2v) is 26.5. The summed E-state index contributed by atoms with van der Waals surface area (Å²) in [7, 11) is 0. The van der Waals surface area contributed by atoms with Crippen molar-refractivity contribution in [3.8, 4) is 56.2 Å². The molecule has 0 saturated carbocycles. The number of aromatic nitrogens is 3. The number of imidazole rings is 1. The van der Waals surface area contributed by atoms with Crippen molar-refractivity contribution < 1.29 is 26.2 Å². The molecular formula is C66H78N3OPt-. The molecule has 0 saturated heterocycles. The fraction of sp³-hybridized carbons (Fsp3) is 0.394. The Balaban J connectivity index is 0.00000741. The summed E-state index contributed by atoms with van der Waals surface area (Å²) in [6.45, 7) is 43.5. The first-order chi connectivity index (χ1) is 32.3. The Morgan fingerprint density at radius 1 is 0.493 bits per heavy atom. The van der Waals surface area contributed by atoms with Crippen LogP contribution in [-0.4, -0.2) is 19.6 Å². The number of fused-ring (bicyclic) bond motifs is 2. The van der Waals surface area contributed by atoms with E-state index in [1.54, 1.807) is 0 Å². The molecule has 0 unspecified atom stereocenters. The maximum atomic E-state index is 11.9. The number of hydrogen-bond acceptors (Lipinski definition) is 3. The standard InChI is InChI=1S/C66H78N3O.Pt/c1-40-30-31-67-57-51(40)38-49(64(11,12)13)39-53(57)44-32-43(33-45(34-44)59(65(14,15)16)66(17,18)19)52-35-42(41-20-22-46(23-21-41)61(2,3)4)36-55-58(52)68-60(54-37-48(63(8,9)10)26-29-56(54)70)69(55)50-27-24-47(25-28-50)62(5,6)7;/h20-31,33-39,59,70H,1-19H3;/q-1;. The van der Waals surface area contributed by atoms with E-state index in [0.717, 1.165) is 66.6 Å². The maximum absolute atomic E-state index is 11.9. The molecule has 0 aliphatic carbocycles. The quantitative estimate of drug-likeness (QED) is 0.169. The van der Waals surface area contributed by atoms with Crippen LogP contribution in [-0.2, 0) is 42.7 Å². The third-order valence-electron chi connectivity index (χ3n) is 14.4. The second-order valence-electron chi connectivity index (χ2n) is 26.5. The van der Waals surface area contributed by atoms with E-state index in [1.807, 2.05) is 18.3 Å². The summed E-state index contributed by atoms with van der Waals surface area (Å²) in [5.41, 5.74) is 17.6. The van der Waals surface area contributed by atoms with Crippen molar-refractivity contribution >= 4 is 21.9 Å². The van der Waals surface area contributed by atoms with Crippen molar-refractivity contribution in [1.82, 2.24) is 14.5 Å². The van der Waals surface area contributed by atoms with Crippen LogP contribution < -0.4 is 0 Å². The molecule has 0 amide bonds. The minimum Gasteiger partial charge on any atom is -0.507 e. The Hall–Kier alpha value is -5.31. The predicted molar refractivity (Wildman–Crippen MR) is 300 cm³/mol. The Bertz CT molecular complexity index is 3240. The average molecular weight is 1120 g/mol. The second kappa shape index (κ2) is 18.6. The topological polar surface area (TPSA) is 50.9 Å². The molecule has 8 rings (SSSR count). The average Bonchev–Trinajstić information content (AvgIpc) is 3.63. The number of aromatic hydroxyl groups is 1. The number of hydrogen-bond donors (Lipinski definition) is 1. The molecule has 2 aromatic heterocycles. The van der Waals surface area contributed by atoms with Crippen LogP contribution in [0.25, 0.3) is 72.4 Å². The zero-order chi connectivity index (χ0) is 51.3. The molecule has 1 N–H and O–H groups in total. The molecule has 2 heterocycles. The van der Waals surface area contributed by atoms with Gasteiger partial charge in [0.25, 0.3) is 0 Å². The van der Waals surface area contributed by atoms with E-state index in [-0.39, 0.29) is 65.2 Å². The summed E-state index contributed by atoms with van der Waals surface area (Å²) in [6.07, 6.45) is 1.94. The van der Waals surface area contributed by atoms with Crippen molar-refractivity contribution in [2.75, 3.05) is 0 Å². The molecule has 0 spiro atoms. The fourth-order valence-electron chi connectivity index (χ4n) is 10.8. The van der Waals surface area contributed by atoms with E-state index >= 15 is 0 Å². The summed E-state index contributed by atoms with van der Waals surface area (Å²) >= 11 is 0. The Labute approximate surface area is 441 Å². The number of nitrogens with zero attached hydrogens (tertiary/aromatic N) is 3. The summed E-state index contributed by atoms with van der Waals surface area (Å²) in [5.74, 6) is 1.05. The van der Waals surface area contributed by atoms with E-state index in [1.165, 1.54) is 27.8 Å². The molecule has 0 fully saturated rings. The van der Waals surface area contributed by atoms with Gasteiger partial charge in [0.15, 0.2) is 0 Å². The summed E-state index contributed by atoms with van der Waals surface area (Å²) < 4.78 is 2.27. The van der Waals surface area contributed by atoms with Crippen molar-refractivity contribution in [2.24, 2.45) is 10.8 Å². The number of rotatable bonds is 6. The van der Waals surface area contributed by atoms with E-state index < -0.39 is 0 Å². The number of aryl methyl sites for hydroxylation is 1. The van der Waals surface area contributed by atoms with Gasteiger partial charge in [-0.05, 0) is 126 Å². The molecule has 0 bridgehead atoms. The number of phenolic OH excluding ortho intramolecular Hbond substituents is 1. The van der Waals surface area contributed by atoms with Gasteiger partial charge in [-0.2, -0.15) is 0 Å². The van der Waals surface area contributed by atoms with Crippen LogP contribution in [0, 0.1) is 23.8 Å². The Morgan fingerprint density at radius 3 is 1.51 bits per heavy atom. The third-order valence-corrected chi connectivity index (χ3v) is 14.4. The van der Waals surface area contributed by atoms with Gasteiger partial charge in [-0.25, -0.2) is 4.98 Å². The maximum Gasteiger partial charge on any atom is 0.148 e. The molecule has 6 aromatic carbocycles. The number of benzene rings is 6. The Kier molecular flexibility index (Phi) is 14.0. The van der Waals surface area contributed by atoms with Gasteiger partial charge in [-0.3, -0.25) is 9.55 Å². The molecule has 71 heavy (non-hydrogen) atoms. The van der Waals surface area contributed by atoms with Crippen LogP contribution in [0.15, 0.2) is 115 Å². The molecule has 0 aliphatic rings. The predicted octanol–water partition coefficient (Wildman–Crippen LogP) is 18.4. The van der Waals surface area contributed by atoms with E-state index in [2.05, 4.69) is 239 Å². The van der Waals surface area contributed by atoms with Crippen LogP contribution in [0.3, 0.4) is 0 Å². The van der Waals surface area contributed by atoms with Crippen LogP contribution in [0.2, 0.25) is 0 Å². The first kappa shape index (κ1) is 53.5. The molecule has 5 heteroatoms. The largest absolute Gasteiger partial charge is 0.507 e. The van der Waals surface area contributed by atoms with Crippen LogP contribution in [0.1, 0.15) is 164 Å². The van der Waals surface area contributed by atoms with Crippen LogP contribution >= 0.6 is 0 Å². The van der Waals surface area contributed by atoms with Gasteiger partial charge in [0.05, 0.1) is 16.6 Å². The summed E-state index contributed by atoms with van der Waals surface area (Å²) in [4.78, 5) is 10.8. The summed E-state index contributed by atoms with van der Waals surface area (Å²) in [6, 6.07) is 44.3. The van der Waals surface area contributed by atoms with Crippen molar-refractivity contribution in [3.63, 3.8) is 0 Å². The molecular weight excluding hydrogens is 1050 g/mol. The monoisotopic (exact) mass is 1120 g/mol. The van der Waals surface area contributed by atoms with E-state index in [0.29, 0.717) is 11.4 Å². The van der Waals surface area contributed by atoms with Crippen molar-refractivity contribution in [2.45, 2.75) is 159 Å². The third kappa shape index (κ3) is 10.8. The van der Waals surface area contributed by atoms with Gasteiger partial charge in [0.2, 0.25) is 0 Å². The SMILES string of the molecule is Cc1ccnc2c(-c3[c-]c(-c4cc(-c5ccc(C(C)(C)C)cc5)cc5c4nc(-c4cc(C(C)(C)C)ccc4O)n5-c4ccc(C(C)(C)C)cc4)cc(C(C(C)(C)C)C(C)(C)C)c3)cc(C(C)(C)C)cc12.[Pt]. The fourth-order valence-corrected chi connectivity index (χ4v) is 10.8. The van der Waals surface area contributed by atoms with Gasteiger partial charge in [-0.1, -0.05) is 196 Å². The normalized spacial score (nSPS) is 13.1. The molecule has 374 valence electrons. The van der Waals surface area contributed by atoms with Crippen LogP contribution in [0.5, 0.6) is 5.75 Å². The summed E-state index contributed by atoms with van der Waals surface area (Å²) in [5, 5.41) is 13.1. The number of phenols is 1. The van der Waals surface area contributed by atoms with Crippen LogP contribution in [0.4, 0.5) is 0 Å². The van der Waals surface area contributed by atoms with E-state index in [4.69, 9.17) is 9.97 Å². The van der Waals surface area contributed by atoms with Gasteiger partial charge in [0.1, 0.15) is 11.6 Å². The zero-order valence-electron chi connectivity index (χ0n) is 46.2. The first-order valence-electron chi connectivity index (χ1n) is 25.4. The minimum absolute atomic E-state index is 0. The van der Waals surface area contributed by atoms with Gasteiger partial charge < -0.3 is 5.11 Å². The van der Waals surface area contributed by atoms with E-state index in [9.17, 15) is 5.11 Å². The minimum atomic E-state index is -0.157. The molecule has 0 atom stereocenters. The smallest absolute Gasteiger partial charge is 0.148 e. The number of pyridine rings is 1. The molecule has 8 aromatic rings. The van der Waals surface area contributed by atoms with Gasteiger partial charge in [0, 0.05) is 38.5 Å².